The average molecular weight is 314 g/mol. The molecule has 0 saturated carbocycles. The highest BCUT2D eigenvalue weighted by Gasteiger charge is 2.17. The molecule has 0 radical (unpaired) electrons. The summed E-state index contributed by atoms with van der Waals surface area (Å²) in [5.41, 5.74) is 0.709. The van der Waals surface area contributed by atoms with Gasteiger partial charge in [0, 0.05) is 12.8 Å². The third-order valence-electron chi connectivity index (χ3n) is 2.82. The van der Waals surface area contributed by atoms with Gasteiger partial charge in [0.05, 0.1) is 4.90 Å². The van der Waals surface area contributed by atoms with E-state index in [4.69, 9.17) is 5.11 Å². The van der Waals surface area contributed by atoms with Crippen molar-refractivity contribution in [2.45, 2.75) is 30.8 Å². The molecule has 3 N–H and O–H groups in total. The Hall–Kier alpha value is -2.09. The summed E-state index contributed by atoms with van der Waals surface area (Å²) in [6, 6.07) is 4.57. The smallest absolute Gasteiger partial charge is 0.326 e. The second-order valence-electron chi connectivity index (χ2n) is 4.54. The first-order valence-corrected chi connectivity index (χ1v) is 8.19. The lowest BCUT2D eigenvalue weighted by Gasteiger charge is -2.13. The van der Waals surface area contributed by atoms with Gasteiger partial charge in [-0.05, 0) is 24.1 Å². The Kier molecular flexibility index (Phi) is 5.71. The molecule has 1 rings (SSSR count). The van der Waals surface area contributed by atoms with Gasteiger partial charge in [0.15, 0.2) is 9.84 Å². The third kappa shape index (κ3) is 5.42. The molecule has 0 aliphatic rings. The van der Waals surface area contributed by atoms with E-state index in [2.05, 4.69) is 10.6 Å². The highest BCUT2D eigenvalue weighted by molar-refractivity contribution is 7.90. The number of rotatable bonds is 6. The van der Waals surface area contributed by atoms with E-state index >= 15 is 0 Å². The zero-order chi connectivity index (χ0) is 16.0. The van der Waals surface area contributed by atoms with E-state index in [0.29, 0.717) is 5.56 Å². The lowest BCUT2D eigenvalue weighted by molar-refractivity contribution is -0.139. The fourth-order valence-corrected chi connectivity index (χ4v) is 2.22. The minimum atomic E-state index is -3.24. The molecular formula is C13H18N2O5S. The molecule has 8 heteroatoms. The highest BCUT2D eigenvalue weighted by Crippen LogP contribution is 2.10. The van der Waals surface area contributed by atoms with Crippen molar-refractivity contribution in [2.24, 2.45) is 0 Å². The molecule has 0 spiro atoms. The van der Waals surface area contributed by atoms with Gasteiger partial charge in [-0.25, -0.2) is 18.0 Å². The summed E-state index contributed by atoms with van der Waals surface area (Å²) in [5, 5.41) is 13.7. The van der Waals surface area contributed by atoms with Crippen LogP contribution in [0.5, 0.6) is 0 Å². The second-order valence-corrected chi connectivity index (χ2v) is 6.56. The minimum absolute atomic E-state index is 0.173. The molecule has 0 aliphatic carbocycles. The van der Waals surface area contributed by atoms with Crippen LogP contribution in [0.1, 0.15) is 18.9 Å². The van der Waals surface area contributed by atoms with Crippen LogP contribution >= 0.6 is 0 Å². The van der Waals surface area contributed by atoms with Gasteiger partial charge < -0.3 is 15.7 Å². The lowest BCUT2D eigenvalue weighted by atomic mass is 10.2. The van der Waals surface area contributed by atoms with Crippen LogP contribution in [-0.2, 0) is 21.2 Å². The number of hydrogen-bond donors (Lipinski definition) is 3. The first-order chi connectivity index (χ1) is 9.74. The summed E-state index contributed by atoms with van der Waals surface area (Å²) < 4.78 is 22.6. The fraction of sp³-hybridized carbons (Fsp3) is 0.385. The zero-order valence-electron chi connectivity index (χ0n) is 11.8. The number of sulfone groups is 1. The number of carbonyl (C=O) groups excluding carboxylic acids is 1. The monoisotopic (exact) mass is 314 g/mol. The van der Waals surface area contributed by atoms with E-state index < -0.39 is 27.9 Å². The van der Waals surface area contributed by atoms with Crippen molar-refractivity contribution >= 4 is 21.8 Å². The van der Waals surface area contributed by atoms with Crippen LogP contribution in [0.2, 0.25) is 0 Å². The molecule has 7 nitrogen and oxygen atoms in total. The van der Waals surface area contributed by atoms with Gasteiger partial charge in [-0.2, -0.15) is 0 Å². The Morgan fingerprint density at radius 1 is 1.24 bits per heavy atom. The van der Waals surface area contributed by atoms with E-state index in [-0.39, 0.29) is 17.9 Å². The van der Waals surface area contributed by atoms with Crippen LogP contribution in [0, 0.1) is 0 Å². The molecule has 1 aromatic carbocycles. The van der Waals surface area contributed by atoms with Crippen molar-refractivity contribution in [3.63, 3.8) is 0 Å². The van der Waals surface area contributed by atoms with E-state index in [0.717, 1.165) is 6.26 Å². The van der Waals surface area contributed by atoms with Crippen LogP contribution in [0.3, 0.4) is 0 Å². The predicted octanol–water partition coefficient (Wildman–Crippen LogP) is 0.752. The Labute approximate surface area is 123 Å². The molecule has 1 atom stereocenters. The third-order valence-corrected chi connectivity index (χ3v) is 3.94. The summed E-state index contributed by atoms with van der Waals surface area (Å²) in [5.74, 6) is -1.09. The molecular weight excluding hydrogens is 296 g/mol. The first kappa shape index (κ1) is 17.0. The number of hydrogen-bond acceptors (Lipinski definition) is 4. The van der Waals surface area contributed by atoms with Crippen LogP contribution < -0.4 is 10.6 Å². The number of amides is 2. The molecule has 0 saturated heterocycles. The summed E-state index contributed by atoms with van der Waals surface area (Å²) in [6.45, 7) is 1.83. The maximum absolute atomic E-state index is 11.5. The van der Waals surface area contributed by atoms with E-state index in [1.165, 1.54) is 12.1 Å². The molecule has 2 amide bonds. The minimum Gasteiger partial charge on any atom is -0.480 e. The number of carboxylic acid groups (broad SMARTS) is 1. The van der Waals surface area contributed by atoms with Gasteiger partial charge in [-0.15, -0.1) is 0 Å². The van der Waals surface area contributed by atoms with Gasteiger partial charge in [-0.3, -0.25) is 0 Å². The summed E-state index contributed by atoms with van der Waals surface area (Å²) in [7, 11) is -3.24. The Morgan fingerprint density at radius 3 is 2.24 bits per heavy atom. The number of nitrogens with one attached hydrogen (secondary N) is 2. The van der Waals surface area contributed by atoms with Crippen molar-refractivity contribution in [1.29, 1.82) is 0 Å². The molecule has 0 aliphatic heterocycles. The summed E-state index contributed by atoms with van der Waals surface area (Å²) in [6.07, 6.45) is 1.40. The predicted molar refractivity (Wildman–Crippen MR) is 76.6 cm³/mol. The Morgan fingerprint density at radius 2 is 1.81 bits per heavy atom. The van der Waals surface area contributed by atoms with Gasteiger partial charge >= 0.3 is 12.0 Å². The van der Waals surface area contributed by atoms with Crippen molar-refractivity contribution in [3.8, 4) is 0 Å². The maximum atomic E-state index is 11.5. The van der Waals surface area contributed by atoms with E-state index in [9.17, 15) is 18.0 Å². The van der Waals surface area contributed by atoms with Crippen LogP contribution in [0.4, 0.5) is 4.79 Å². The van der Waals surface area contributed by atoms with Crippen LogP contribution in [0.15, 0.2) is 29.2 Å². The molecule has 116 valence electrons. The number of aliphatic carboxylic acids is 1. The summed E-state index contributed by atoms with van der Waals surface area (Å²) >= 11 is 0. The van der Waals surface area contributed by atoms with Crippen molar-refractivity contribution in [2.75, 3.05) is 6.26 Å². The molecule has 0 fully saturated rings. The quantitative estimate of drug-likeness (QED) is 0.717. The van der Waals surface area contributed by atoms with Gasteiger partial charge in [0.25, 0.3) is 0 Å². The number of urea groups is 1. The first-order valence-electron chi connectivity index (χ1n) is 6.30. The normalized spacial score (nSPS) is 12.5. The number of benzene rings is 1. The van der Waals surface area contributed by atoms with Gasteiger partial charge in [0.2, 0.25) is 0 Å². The lowest BCUT2D eigenvalue weighted by Crippen LogP contribution is -2.45. The number of carboxylic acids is 1. The molecule has 1 aromatic rings. The van der Waals surface area contributed by atoms with Crippen molar-refractivity contribution in [1.82, 2.24) is 10.6 Å². The molecule has 21 heavy (non-hydrogen) atoms. The largest absolute Gasteiger partial charge is 0.480 e. The van der Waals surface area contributed by atoms with E-state index in [1.807, 2.05) is 0 Å². The van der Waals surface area contributed by atoms with Crippen LogP contribution in [0.25, 0.3) is 0 Å². The van der Waals surface area contributed by atoms with E-state index in [1.54, 1.807) is 19.1 Å². The van der Waals surface area contributed by atoms with Gasteiger partial charge in [0.1, 0.15) is 6.04 Å². The number of carbonyl (C=O) groups is 2. The maximum Gasteiger partial charge on any atom is 0.326 e. The van der Waals surface area contributed by atoms with Crippen LogP contribution in [-0.4, -0.2) is 37.8 Å². The molecule has 0 heterocycles. The van der Waals surface area contributed by atoms with Crippen molar-refractivity contribution in [3.05, 3.63) is 29.8 Å². The average Bonchev–Trinajstić information content (AvgIpc) is 2.41. The summed E-state index contributed by atoms with van der Waals surface area (Å²) in [4.78, 5) is 22.5. The van der Waals surface area contributed by atoms with Gasteiger partial charge in [-0.1, -0.05) is 19.1 Å². The second kappa shape index (κ2) is 7.07. The molecule has 0 aromatic heterocycles. The van der Waals surface area contributed by atoms with Crippen molar-refractivity contribution < 1.29 is 23.1 Å². The topological polar surface area (TPSA) is 113 Å². The Bertz CT molecular complexity index is 610. The molecule has 0 bridgehead atoms. The highest BCUT2D eigenvalue weighted by atomic mass is 32.2. The molecule has 1 unspecified atom stereocenters. The Balaban J connectivity index is 2.56. The fourth-order valence-electron chi connectivity index (χ4n) is 1.58. The standard InChI is InChI=1S/C13H18N2O5S/c1-3-11(12(16)17)15-13(18)14-8-9-4-6-10(7-5-9)21(2,19)20/h4-7,11H,3,8H2,1-2H3,(H,16,17)(H2,14,15,18). The SMILES string of the molecule is CCC(NC(=O)NCc1ccc(S(C)(=O)=O)cc1)C(=O)O. The zero-order valence-corrected chi connectivity index (χ0v) is 12.6.